The fourth-order valence-corrected chi connectivity index (χ4v) is 3.58. The molecule has 0 amide bonds. The first-order valence-corrected chi connectivity index (χ1v) is 8.62. The molecule has 0 atom stereocenters. The Bertz CT molecular complexity index is 270. The molecule has 0 aromatic rings. The lowest BCUT2D eigenvalue weighted by atomic mass is 9.73. The van der Waals surface area contributed by atoms with Crippen LogP contribution in [0.1, 0.15) is 58.8 Å². The summed E-state index contributed by atoms with van der Waals surface area (Å²) < 4.78 is 5.31. The average molecular weight is 282 g/mol. The Morgan fingerprint density at radius 1 is 1.20 bits per heavy atom. The Morgan fingerprint density at radius 2 is 1.90 bits per heavy atom. The van der Waals surface area contributed by atoms with Gasteiger partial charge in [0.2, 0.25) is 0 Å². The monoisotopic (exact) mass is 282 g/mol. The molecule has 0 bridgehead atoms. The first kappa shape index (κ1) is 16.3. The van der Waals surface area contributed by atoms with Crippen LogP contribution in [0.4, 0.5) is 0 Å². The van der Waals surface area contributed by atoms with E-state index in [1.165, 1.54) is 58.0 Å². The van der Waals surface area contributed by atoms with Crippen molar-refractivity contribution in [2.75, 3.05) is 33.4 Å². The molecule has 2 rings (SSSR count). The molecule has 20 heavy (non-hydrogen) atoms. The Hall–Kier alpha value is -0.120. The van der Waals surface area contributed by atoms with Crippen molar-refractivity contribution < 1.29 is 4.74 Å². The Labute approximate surface area is 125 Å². The summed E-state index contributed by atoms with van der Waals surface area (Å²) in [4.78, 5) is 2.72. The van der Waals surface area contributed by atoms with Crippen molar-refractivity contribution in [2.24, 2.45) is 5.41 Å². The lowest BCUT2D eigenvalue weighted by molar-refractivity contribution is 0.0728. The molecule has 3 heteroatoms. The fourth-order valence-electron chi connectivity index (χ4n) is 3.58. The SMILES string of the molecule is COCCN(CC1(CNC(C)C)CCCCC1)C1CC1. The summed E-state index contributed by atoms with van der Waals surface area (Å²) in [5.74, 6) is 0. The zero-order valence-corrected chi connectivity index (χ0v) is 13.8. The first-order chi connectivity index (χ1) is 9.65. The van der Waals surface area contributed by atoms with Crippen LogP contribution in [-0.2, 0) is 4.74 Å². The zero-order valence-electron chi connectivity index (χ0n) is 13.8. The largest absolute Gasteiger partial charge is 0.383 e. The lowest BCUT2D eigenvalue weighted by Gasteiger charge is -2.42. The molecule has 0 heterocycles. The van der Waals surface area contributed by atoms with Gasteiger partial charge in [-0.1, -0.05) is 33.1 Å². The number of ether oxygens (including phenoxy) is 1. The second kappa shape index (κ2) is 7.77. The number of nitrogens with one attached hydrogen (secondary N) is 1. The minimum absolute atomic E-state index is 0.513. The van der Waals surface area contributed by atoms with E-state index in [4.69, 9.17) is 4.74 Å². The van der Waals surface area contributed by atoms with Crippen LogP contribution >= 0.6 is 0 Å². The standard InChI is InChI=1S/C17H34N2O/c1-15(2)18-13-17(9-5-4-6-10-17)14-19(11-12-20-3)16-7-8-16/h15-16,18H,4-14H2,1-3H3. The third kappa shape index (κ3) is 5.01. The molecule has 0 aromatic heterocycles. The molecule has 0 saturated heterocycles. The van der Waals surface area contributed by atoms with E-state index >= 15 is 0 Å². The molecular weight excluding hydrogens is 248 g/mol. The first-order valence-electron chi connectivity index (χ1n) is 8.62. The molecular formula is C17H34N2O. The third-order valence-electron chi connectivity index (χ3n) is 4.98. The van der Waals surface area contributed by atoms with Crippen molar-refractivity contribution in [1.29, 1.82) is 0 Å². The minimum atomic E-state index is 0.513. The highest BCUT2D eigenvalue weighted by atomic mass is 16.5. The van der Waals surface area contributed by atoms with Gasteiger partial charge in [-0.3, -0.25) is 4.90 Å². The number of hydrogen-bond acceptors (Lipinski definition) is 3. The van der Waals surface area contributed by atoms with Crippen LogP contribution in [0.15, 0.2) is 0 Å². The van der Waals surface area contributed by atoms with E-state index in [1.54, 1.807) is 0 Å². The Balaban J connectivity index is 1.93. The van der Waals surface area contributed by atoms with Crippen molar-refractivity contribution in [3.63, 3.8) is 0 Å². The molecule has 3 nitrogen and oxygen atoms in total. The van der Waals surface area contributed by atoms with E-state index in [9.17, 15) is 0 Å². The lowest BCUT2D eigenvalue weighted by Crippen LogP contribution is -2.48. The average Bonchev–Trinajstić information content (AvgIpc) is 3.27. The fraction of sp³-hybridized carbons (Fsp3) is 1.00. The maximum Gasteiger partial charge on any atom is 0.0589 e. The highest BCUT2D eigenvalue weighted by molar-refractivity contribution is 4.93. The Kier molecular flexibility index (Phi) is 6.31. The van der Waals surface area contributed by atoms with E-state index < -0.39 is 0 Å². The summed E-state index contributed by atoms with van der Waals surface area (Å²) in [6, 6.07) is 1.45. The normalized spacial score (nSPS) is 22.6. The number of nitrogens with zero attached hydrogens (tertiary/aromatic N) is 1. The number of rotatable bonds is 9. The highest BCUT2D eigenvalue weighted by Gasteiger charge is 2.38. The van der Waals surface area contributed by atoms with Gasteiger partial charge in [0, 0.05) is 38.8 Å². The van der Waals surface area contributed by atoms with Gasteiger partial charge in [-0.2, -0.15) is 0 Å². The molecule has 0 unspecified atom stereocenters. The molecule has 0 spiro atoms. The van der Waals surface area contributed by atoms with Crippen LogP contribution in [0.3, 0.4) is 0 Å². The summed E-state index contributed by atoms with van der Waals surface area (Å²) in [5.41, 5.74) is 0.513. The Morgan fingerprint density at radius 3 is 2.45 bits per heavy atom. The van der Waals surface area contributed by atoms with Gasteiger partial charge in [-0.15, -0.1) is 0 Å². The van der Waals surface area contributed by atoms with Gasteiger partial charge in [-0.25, -0.2) is 0 Å². The quantitative estimate of drug-likeness (QED) is 0.703. The van der Waals surface area contributed by atoms with Gasteiger partial charge in [0.25, 0.3) is 0 Å². The van der Waals surface area contributed by atoms with Gasteiger partial charge >= 0.3 is 0 Å². The molecule has 2 saturated carbocycles. The molecule has 0 aliphatic heterocycles. The van der Waals surface area contributed by atoms with Crippen molar-refractivity contribution in [2.45, 2.75) is 70.9 Å². The van der Waals surface area contributed by atoms with Gasteiger partial charge in [-0.05, 0) is 31.1 Å². The van der Waals surface area contributed by atoms with Crippen LogP contribution in [0, 0.1) is 5.41 Å². The summed E-state index contributed by atoms with van der Waals surface area (Å²) in [6.07, 6.45) is 9.89. The maximum absolute atomic E-state index is 5.31. The van der Waals surface area contributed by atoms with E-state index in [2.05, 4.69) is 24.1 Å². The van der Waals surface area contributed by atoms with Crippen LogP contribution in [-0.4, -0.2) is 50.3 Å². The van der Waals surface area contributed by atoms with Gasteiger partial charge in [0.1, 0.15) is 0 Å². The molecule has 2 aliphatic rings. The maximum atomic E-state index is 5.31. The van der Waals surface area contributed by atoms with Crippen LogP contribution < -0.4 is 5.32 Å². The second-order valence-corrected chi connectivity index (χ2v) is 7.29. The third-order valence-corrected chi connectivity index (χ3v) is 4.98. The van der Waals surface area contributed by atoms with E-state index in [0.717, 1.165) is 19.2 Å². The molecule has 2 aliphatic carbocycles. The smallest absolute Gasteiger partial charge is 0.0589 e. The van der Waals surface area contributed by atoms with Crippen molar-refractivity contribution in [1.82, 2.24) is 10.2 Å². The summed E-state index contributed by atoms with van der Waals surface area (Å²) in [6.45, 7) is 9.00. The topological polar surface area (TPSA) is 24.5 Å². The van der Waals surface area contributed by atoms with Gasteiger partial charge in [0.15, 0.2) is 0 Å². The van der Waals surface area contributed by atoms with Crippen LogP contribution in [0.2, 0.25) is 0 Å². The summed E-state index contributed by atoms with van der Waals surface area (Å²) in [7, 11) is 1.82. The van der Waals surface area contributed by atoms with Gasteiger partial charge < -0.3 is 10.1 Å². The van der Waals surface area contributed by atoms with Crippen LogP contribution in [0.5, 0.6) is 0 Å². The van der Waals surface area contributed by atoms with Crippen molar-refractivity contribution in [3.05, 3.63) is 0 Å². The van der Waals surface area contributed by atoms with Crippen molar-refractivity contribution >= 4 is 0 Å². The molecule has 0 aromatic carbocycles. The van der Waals surface area contributed by atoms with E-state index in [1.807, 2.05) is 7.11 Å². The van der Waals surface area contributed by atoms with Crippen molar-refractivity contribution in [3.8, 4) is 0 Å². The molecule has 0 radical (unpaired) electrons. The number of hydrogen-bond donors (Lipinski definition) is 1. The second-order valence-electron chi connectivity index (χ2n) is 7.29. The van der Waals surface area contributed by atoms with E-state index in [-0.39, 0.29) is 0 Å². The van der Waals surface area contributed by atoms with E-state index in [0.29, 0.717) is 11.5 Å². The van der Waals surface area contributed by atoms with Crippen LogP contribution in [0.25, 0.3) is 0 Å². The van der Waals surface area contributed by atoms with Gasteiger partial charge in [0.05, 0.1) is 6.61 Å². The predicted molar refractivity (Wildman–Crippen MR) is 85.1 cm³/mol. The number of methoxy groups -OCH3 is 1. The summed E-state index contributed by atoms with van der Waals surface area (Å²) >= 11 is 0. The zero-order chi connectivity index (χ0) is 14.4. The highest BCUT2D eigenvalue weighted by Crippen LogP contribution is 2.39. The molecule has 118 valence electrons. The summed E-state index contributed by atoms with van der Waals surface area (Å²) in [5, 5.41) is 3.72. The molecule has 2 fully saturated rings. The molecule has 1 N–H and O–H groups in total. The minimum Gasteiger partial charge on any atom is -0.383 e. The predicted octanol–water partition coefficient (Wildman–Crippen LogP) is 3.05.